The number of aryl methyl sites for hydroxylation is 1. The van der Waals surface area contributed by atoms with E-state index in [1.165, 1.54) is 16.8 Å². The number of para-hydroxylation sites is 3. The van der Waals surface area contributed by atoms with Crippen LogP contribution in [0.5, 0.6) is 0 Å². The summed E-state index contributed by atoms with van der Waals surface area (Å²) in [6.45, 7) is 7.13. The normalized spacial score (nSPS) is 25.8. The first-order valence-electron chi connectivity index (χ1n) is 16.7. The van der Waals surface area contributed by atoms with E-state index in [-0.39, 0.29) is 29.1 Å². The zero-order chi connectivity index (χ0) is 33.1. The lowest BCUT2D eigenvalue weighted by molar-refractivity contribution is 0.350. The van der Waals surface area contributed by atoms with Crippen molar-refractivity contribution in [1.82, 2.24) is 19.9 Å². The molecule has 4 aliphatic rings. The van der Waals surface area contributed by atoms with Crippen molar-refractivity contribution in [3.8, 4) is 0 Å². The summed E-state index contributed by atoms with van der Waals surface area (Å²) in [6, 6.07) is 36.8. The number of rotatable bonds is 4. The molecule has 5 unspecified atom stereocenters. The van der Waals surface area contributed by atoms with Gasteiger partial charge in [-0.1, -0.05) is 90.4 Å². The maximum Gasteiger partial charge on any atom is 0.178 e. The number of halogens is 1. The fourth-order valence-corrected chi connectivity index (χ4v) is 9.77. The molecule has 49 heavy (non-hydrogen) atoms. The van der Waals surface area contributed by atoms with Gasteiger partial charge in [0.05, 0.1) is 0 Å². The predicted octanol–water partition coefficient (Wildman–Crippen LogP) is 9.18. The smallest absolute Gasteiger partial charge is 0.178 e. The SMILES string of the molecule is Cc1ccc(Br)cc1N1c2nccnc2N(c2ccccc2)C1C1C2(C)c3ccccc3N3c4nccnc4N(c4ccccc4)C3C12C. The molecule has 1 aliphatic carbocycles. The van der Waals surface area contributed by atoms with Crippen molar-refractivity contribution < 1.29 is 0 Å². The molecule has 1 saturated carbocycles. The van der Waals surface area contributed by atoms with Crippen molar-refractivity contribution in [1.29, 1.82) is 0 Å². The topological polar surface area (TPSA) is 64.5 Å². The van der Waals surface area contributed by atoms with Crippen LogP contribution < -0.4 is 19.6 Å². The third-order valence-corrected chi connectivity index (χ3v) is 12.1. The van der Waals surface area contributed by atoms with Crippen LogP contribution in [0.1, 0.15) is 25.0 Å². The molecule has 4 aromatic carbocycles. The summed E-state index contributed by atoms with van der Waals surface area (Å²) in [7, 11) is 0. The molecular weight excluding hydrogens is 672 g/mol. The Morgan fingerprint density at radius 2 is 1.10 bits per heavy atom. The maximum atomic E-state index is 5.06. The molecule has 0 spiro atoms. The molecule has 0 bridgehead atoms. The van der Waals surface area contributed by atoms with Gasteiger partial charge in [0.2, 0.25) is 0 Å². The second kappa shape index (κ2) is 10.1. The first-order chi connectivity index (χ1) is 23.9. The number of hydrogen-bond acceptors (Lipinski definition) is 8. The van der Waals surface area contributed by atoms with Crippen molar-refractivity contribution in [2.45, 2.75) is 38.5 Å². The Morgan fingerprint density at radius 1 is 0.571 bits per heavy atom. The van der Waals surface area contributed by atoms with E-state index < -0.39 is 0 Å². The molecular formula is C40H33BrN8. The van der Waals surface area contributed by atoms with Crippen molar-refractivity contribution in [2.75, 3.05) is 19.6 Å². The second-order valence-electron chi connectivity index (χ2n) is 13.8. The van der Waals surface area contributed by atoms with Gasteiger partial charge in [-0.25, -0.2) is 19.9 Å². The molecule has 6 aromatic rings. The van der Waals surface area contributed by atoms with Gasteiger partial charge in [-0.2, -0.15) is 0 Å². The molecule has 1 fully saturated rings. The van der Waals surface area contributed by atoms with Gasteiger partial charge in [0.25, 0.3) is 0 Å². The molecule has 10 rings (SSSR count). The molecule has 3 aliphatic heterocycles. The van der Waals surface area contributed by atoms with Crippen LogP contribution in [0.4, 0.5) is 46.0 Å². The van der Waals surface area contributed by atoms with Gasteiger partial charge in [-0.3, -0.25) is 0 Å². The van der Waals surface area contributed by atoms with E-state index in [0.717, 1.165) is 44.8 Å². The van der Waals surface area contributed by atoms with Crippen molar-refractivity contribution >= 4 is 62.0 Å². The van der Waals surface area contributed by atoms with Gasteiger partial charge in [-0.15, -0.1) is 0 Å². The predicted molar refractivity (Wildman–Crippen MR) is 197 cm³/mol. The molecule has 5 heterocycles. The van der Waals surface area contributed by atoms with E-state index in [0.29, 0.717) is 0 Å². The number of nitrogens with zero attached hydrogens (tertiary/aromatic N) is 8. The van der Waals surface area contributed by atoms with Crippen LogP contribution in [0.25, 0.3) is 0 Å². The van der Waals surface area contributed by atoms with Crippen LogP contribution in [0.15, 0.2) is 132 Å². The van der Waals surface area contributed by atoms with Gasteiger partial charge in [0.1, 0.15) is 12.3 Å². The fourth-order valence-electron chi connectivity index (χ4n) is 9.42. The summed E-state index contributed by atoms with van der Waals surface area (Å²) in [4.78, 5) is 29.9. The number of hydrogen-bond donors (Lipinski definition) is 0. The minimum atomic E-state index is -0.294. The van der Waals surface area contributed by atoms with Gasteiger partial charge in [-0.05, 0) is 60.5 Å². The molecule has 8 nitrogen and oxygen atoms in total. The van der Waals surface area contributed by atoms with Gasteiger partial charge >= 0.3 is 0 Å². The number of benzene rings is 4. The highest BCUT2D eigenvalue weighted by Crippen LogP contribution is 2.80. The zero-order valence-electron chi connectivity index (χ0n) is 27.3. The average Bonchev–Trinajstić information content (AvgIpc) is 3.37. The molecule has 2 aromatic heterocycles. The summed E-state index contributed by atoms with van der Waals surface area (Å²) in [5.41, 5.74) is 6.42. The first kappa shape index (κ1) is 28.7. The largest absolute Gasteiger partial charge is 0.302 e. The third-order valence-electron chi connectivity index (χ3n) is 11.6. The quantitative estimate of drug-likeness (QED) is 0.180. The fraction of sp³-hybridized carbons (Fsp3) is 0.200. The third kappa shape index (κ3) is 3.63. The minimum absolute atomic E-state index is 0.0927. The monoisotopic (exact) mass is 704 g/mol. The maximum absolute atomic E-state index is 5.06. The van der Waals surface area contributed by atoms with Gasteiger partial charge in [0.15, 0.2) is 23.3 Å². The van der Waals surface area contributed by atoms with E-state index in [2.05, 4.69) is 159 Å². The number of fused-ring (bicyclic) bond motifs is 9. The lowest BCUT2D eigenvalue weighted by atomic mass is 9.81. The Bertz CT molecular complexity index is 2270. The molecule has 0 saturated heterocycles. The van der Waals surface area contributed by atoms with E-state index >= 15 is 0 Å². The lowest BCUT2D eigenvalue weighted by Gasteiger charge is -2.44. The van der Waals surface area contributed by atoms with Crippen LogP contribution in [0.3, 0.4) is 0 Å². The number of aromatic nitrogens is 4. The van der Waals surface area contributed by atoms with Crippen molar-refractivity contribution in [3.63, 3.8) is 0 Å². The number of anilines is 8. The first-order valence-corrected chi connectivity index (χ1v) is 17.5. The van der Waals surface area contributed by atoms with E-state index in [9.17, 15) is 0 Å². The molecule has 5 atom stereocenters. The summed E-state index contributed by atoms with van der Waals surface area (Å²) in [5.74, 6) is 3.58. The van der Waals surface area contributed by atoms with E-state index in [4.69, 9.17) is 19.9 Å². The highest BCUT2D eigenvalue weighted by atomic mass is 79.9. The summed E-state index contributed by atoms with van der Waals surface area (Å²) < 4.78 is 1.02. The van der Waals surface area contributed by atoms with Crippen LogP contribution in [0.2, 0.25) is 0 Å². The summed E-state index contributed by atoms with van der Waals surface area (Å²) >= 11 is 3.80. The van der Waals surface area contributed by atoms with Gasteiger partial charge < -0.3 is 19.6 Å². The Kier molecular flexibility index (Phi) is 5.93. The van der Waals surface area contributed by atoms with Crippen LogP contribution >= 0.6 is 15.9 Å². The second-order valence-corrected chi connectivity index (χ2v) is 14.7. The van der Waals surface area contributed by atoms with E-state index in [1.807, 2.05) is 24.8 Å². The lowest BCUT2D eigenvalue weighted by Crippen LogP contribution is -2.51. The highest BCUT2D eigenvalue weighted by molar-refractivity contribution is 9.10. The van der Waals surface area contributed by atoms with Crippen molar-refractivity contribution in [2.24, 2.45) is 11.3 Å². The van der Waals surface area contributed by atoms with Crippen LogP contribution in [0, 0.1) is 18.3 Å². The van der Waals surface area contributed by atoms with Crippen LogP contribution in [-0.4, -0.2) is 32.3 Å². The standard InChI is InChI=1S/C40H33BrN8/c1-25-18-19-26(41)24-31(25)48-35-33(42-20-22-44-35)46(27-12-6-4-7-13-27)37(48)32-39(2)29-16-10-11-17-30(29)49-36-34(43-21-23-45-36)47(38(49)40(32,39)3)28-14-8-5-9-15-28/h4-24,32,37-38H,1-3H3. The van der Waals surface area contributed by atoms with Crippen LogP contribution in [-0.2, 0) is 5.41 Å². The minimum Gasteiger partial charge on any atom is -0.302 e. The molecule has 9 heteroatoms. The summed E-state index contributed by atoms with van der Waals surface area (Å²) in [5, 5.41) is 0. The molecule has 0 N–H and O–H groups in total. The molecule has 0 radical (unpaired) electrons. The molecule has 0 amide bonds. The molecule has 240 valence electrons. The Labute approximate surface area is 293 Å². The van der Waals surface area contributed by atoms with Gasteiger partial charge in [0, 0.05) is 68.8 Å². The highest BCUT2D eigenvalue weighted by Gasteiger charge is 2.83. The Hall–Kier alpha value is -5.28. The Balaban J connectivity index is 1.26. The Morgan fingerprint density at radius 3 is 1.76 bits per heavy atom. The summed E-state index contributed by atoms with van der Waals surface area (Å²) in [6.07, 6.45) is 7.00. The van der Waals surface area contributed by atoms with E-state index in [1.54, 1.807) is 0 Å². The van der Waals surface area contributed by atoms with Crippen molar-refractivity contribution in [3.05, 3.63) is 144 Å². The zero-order valence-corrected chi connectivity index (χ0v) is 28.9. The average molecular weight is 706 g/mol.